The molecular weight excluding hydrogens is 280 g/mol. The van der Waals surface area contributed by atoms with E-state index >= 15 is 0 Å². The maximum Gasteiger partial charge on any atom is 0.317 e. The van der Waals surface area contributed by atoms with E-state index in [4.69, 9.17) is 0 Å². The van der Waals surface area contributed by atoms with Gasteiger partial charge in [-0.15, -0.1) is 11.3 Å². The Kier molecular flexibility index (Phi) is 5.39. The Morgan fingerprint density at radius 2 is 1.90 bits per heavy atom. The molecule has 3 nitrogen and oxygen atoms in total. The van der Waals surface area contributed by atoms with E-state index in [0.29, 0.717) is 6.54 Å². The maximum absolute atomic E-state index is 12.2. The van der Waals surface area contributed by atoms with Crippen LogP contribution in [-0.4, -0.2) is 18.0 Å². The van der Waals surface area contributed by atoms with Crippen LogP contribution in [0.2, 0.25) is 0 Å². The zero-order valence-corrected chi connectivity index (χ0v) is 13.6. The van der Waals surface area contributed by atoms with Gasteiger partial charge < -0.3 is 10.2 Å². The number of nitrogens with one attached hydrogen (secondary N) is 1. The smallest absolute Gasteiger partial charge is 0.317 e. The molecule has 2 amide bonds. The predicted molar refractivity (Wildman–Crippen MR) is 88.6 cm³/mol. The summed E-state index contributed by atoms with van der Waals surface area (Å²) in [5.41, 5.74) is 2.46. The highest BCUT2D eigenvalue weighted by molar-refractivity contribution is 7.10. The van der Waals surface area contributed by atoms with Crippen LogP contribution in [0.15, 0.2) is 41.8 Å². The number of hydrogen-bond acceptors (Lipinski definition) is 2. The molecule has 112 valence electrons. The van der Waals surface area contributed by atoms with Crippen molar-refractivity contribution in [3.05, 3.63) is 57.8 Å². The first-order valence-corrected chi connectivity index (χ1v) is 8.11. The molecule has 2 rings (SSSR count). The number of aryl methyl sites for hydroxylation is 1. The number of carbonyl (C=O) groups is 1. The second-order valence-corrected chi connectivity index (χ2v) is 6.19. The van der Waals surface area contributed by atoms with Crippen molar-refractivity contribution in [2.75, 3.05) is 7.05 Å². The van der Waals surface area contributed by atoms with Crippen LogP contribution in [0, 0.1) is 0 Å². The van der Waals surface area contributed by atoms with Gasteiger partial charge in [-0.3, -0.25) is 0 Å². The van der Waals surface area contributed by atoms with E-state index in [1.165, 1.54) is 10.4 Å². The molecule has 0 spiro atoms. The van der Waals surface area contributed by atoms with Crippen LogP contribution in [0.4, 0.5) is 4.79 Å². The Morgan fingerprint density at radius 3 is 2.48 bits per heavy atom. The lowest BCUT2D eigenvalue weighted by Gasteiger charge is -2.21. The molecule has 0 aliphatic rings. The zero-order valence-electron chi connectivity index (χ0n) is 12.8. The van der Waals surface area contributed by atoms with Crippen LogP contribution in [0.1, 0.15) is 35.9 Å². The fraction of sp³-hybridized carbons (Fsp3) is 0.353. The Bertz CT molecular complexity index is 563. The van der Waals surface area contributed by atoms with Crippen LogP contribution >= 0.6 is 11.3 Å². The minimum atomic E-state index is -0.0459. The van der Waals surface area contributed by atoms with Crippen molar-refractivity contribution in [2.45, 2.75) is 32.9 Å². The molecule has 21 heavy (non-hydrogen) atoms. The van der Waals surface area contributed by atoms with Gasteiger partial charge in [0.25, 0.3) is 0 Å². The third-order valence-corrected chi connectivity index (χ3v) is 4.56. The average molecular weight is 302 g/mol. The molecule has 1 heterocycles. The summed E-state index contributed by atoms with van der Waals surface area (Å²) in [5, 5.41) is 5.05. The molecule has 0 bridgehead atoms. The molecule has 2 aromatic rings. The Balaban J connectivity index is 1.89. The van der Waals surface area contributed by atoms with E-state index in [9.17, 15) is 4.79 Å². The third kappa shape index (κ3) is 4.33. The summed E-state index contributed by atoms with van der Waals surface area (Å²) in [4.78, 5) is 15.1. The highest BCUT2D eigenvalue weighted by Crippen LogP contribution is 2.18. The van der Waals surface area contributed by atoms with Gasteiger partial charge in [0.15, 0.2) is 0 Å². The SMILES string of the molecule is CCc1ccc(CN(C)C(=O)NC(C)c2cccs2)cc1. The largest absolute Gasteiger partial charge is 0.331 e. The Morgan fingerprint density at radius 1 is 1.24 bits per heavy atom. The van der Waals surface area contributed by atoms with E-state index in [2.05, 4.69) is 36.5 Å². The second-order valence-electron chi connectivity index (χ2n) is 5.21. The normalized spacial score (nSPS) is 12.0. The summed E-state index contributed by atoms with van der Waals surface area (Å²) in [6.45, 7) is 4.77. The number of rotatable bonds is 5. The first kappa shape index (κ1) is 15.6. The fourth-order valence-electron chi connectivity index (χ4n) is 2.13. The van der Waals surface area contributed by atoms with Crippen molar-refractivity contribution in [1.29, 1.82) is 0 Å². The van der Waals surface area contributed by atoms with Gasteiger partial charge in [-0.2, -0.15) is 0 Å². The van der Waals surface area contributed by atoms with Gasteiger partial charge in [0.2, 0.25) is 0 Å². The van der Waals surface area contributed by atoms with Gasteiger partial charge in [-0.1, -0.05) is 37.3 Å². The number of thiophene rings is 1. The molecule has 0 fully saturated rings. The van der Waals surface area contributed by atoms with Crippen LogP contribution in [0.3, 0.4) is 0 Å². The molecule has 1 unspecified atom stereocenters. The van der Waals surface area contributed by atoms with Crippen LogP contribution < -0.4 is 5.32 Å². The highest BCUT2D eigenvalue weighted by atomic mass is 32.1. The molecule has 1 atom stereocenters. The lowest BCUT2D eigenvalue weighted by atomic mass is 10.1. The predicted octanol–water partition coefficient (Wildman–Crippen LogP) is 4.21. The van der Waals surface area contributed by atoms with Crippen LogP contribution in [0.25, 0.3) is 0 Å². The first-order chi connectivity index (χ1) is 10.1. The van der Waals surface area contributed by atoms with E-state index in [1.807, 2.05) is 31.5 Å². The molecule has 0 radical (unpaired) electrons. The highest BCUT2D eigenvalue weighted by Gasteiger charge is 2.14. The minimum Gasteiger partial charge on any atom is -0.331 e. The molecule has 1 aromatic carbocycles. The van der Waals surface area contributed by atoms with Crippen molar-refractivity contribution in [1.82, 2.24) is 10.2 Å². The molecule has 1 aromatic heterocycles. The summed E-state index contributed by atoms with van der Waals surface area (Å²) < 4.78 is 0. The third-order valence-electron chi connectivity index (χ3n) is 3.51. The number of carbonyl (C=O) groups excluding carboxylic acids is 1. The van der Waals surface area contributed by atoms with E-state index in [1.54, 1.807) is 16.2 Å². The molecule has 1 N–H and O–H groups in total. The van der Waals surface area contributed by atoms with Gasteiger partial charge in [-0.05, 0) is 35.9 Å². The topological polar surface area (TPSA) is 32.3 Å². The van der Waals surface area contributed by atoms with Gasteiger partial charge in [-0.25, -0.2) is 4.79 Å². The quantitative estimate of drug-likeness (QED) is 0.881. The lowest BCUT2D eigenvalue weighted by Crippen LogP contribution is -2.37. The Labute approximate surface area is 130 Å². The van der Waals surface area contributed by atoms with Crippen molar-refractivity contribution in [3.63, 3.8) is 0 Å². The lowest BCUT2D eigenvalue weighted by molar-refractivity contribution is 0.203. The number of amides is 2. The van der Waals surface area contributed by atoms with Crippen molar-refractivity contribution in [3.8, 4) is 0 Å². The summed E-state index contributed by atoms with van der Waals surface area (Å²) in [5.74, 6) is 0. The standard InChI is InChI=1S/C17H22N2OS/c1-4-14-7-9-15(10-8-14)12-19(3)17(20)18-13(2)16-6-5-11-21-16/h5-11,13H,4,12H2,1-3H3,(H,18,20). The monoisotopic (exact) mass is 302 g/mol. The first-order valence-electron chi connectivity index (χ1n) is 7.23. The molecule has 0 aliphatic heterocycles. The van der Waals surface area contributed by atoms with Gasteiger partial charge in [0, 0.05) is 18.5 Å². The van der Waals surface area contributed by atoms with Crippen LogP contribution in [-0.2, 0) is 13.0 Å². The zero-order chi connectivity index (χ0) is 15.2. The number of benzene rings is 1. The Hall–Kier alpha value is -1.81. The van der Waals surface area contributed by atoms with Gasteiger partial charge in [0.1, 0.15) is 0 Å². The summed E-state index contributed by atoms with van der Waals surface area (Å²) in [6, 6.07) is 12.5. The molecule has 0 saturated heterocycles. The van der Waals surface area contributed by atoms with Crippen molar-refractivity contribution >= 4 is 17.4 Å². The minimum absolute atomic E-state index is 0.0439. The molecule has 0 saturated carbocycles. The average Bonchev–Trinajstić information content (AvgIpc) is 3.02. The van der Waals surface area contributed by atoms with E-state index < -0.39 is 0 Å². The molecule has 4 heteroatoms. The van der Waals surface area contributed by atoms with E-state index in [0.717, 1.165) is 12.0 Å². The van der Waals surface area contributed by atoms with E-state index in [-0.39, 0.29) is 12.1 Å². The summed E-state index contributed by atoms with van der Waals surface area (Å²) in [7, 11) is 1.82. The van der Waals surface area contributed by atoms with Gasteiger partial charge >= 0.3 is 6.03 Å². The number of nitrogens with zero attached hydrogens (tertiary/aromatic N) is 1. The fourth-order valence-corrected chi connectivity index (χ4v) is 2.86. The second kappa shape index (κ2) is 7.27. The van der Waals surface area contributed by atoms with Crippen LogP contribution in [0.5, 0.6) is 0 Å². The molecular formula is C17H22N2OS. The van der Waals surface area contributed by atoms with Crippen molar-refractivity contribution < 1.29 is 4.79 Å². The number of hydrogen-bond donors (Lipinski definition) is 1. The maximum atomic E-state index is 12.2. The number of urea groups is 1. The molecule has 0 aliphatic carbocycles. The summed E-state index contributed by atoms with van der Waals surface area (Å²) >= 11 is 1.66. The summed E-state index contributed by atoms with van der Waals surface area (Å²) in [6.07, 6.45) is 1.04. The van der Waals surface area contributed by atoms with Crippen molar-refractivity contribution in [2.24, 2.45) is 0 Å². The van der Waals surface area contributed by atoms with Gasteiger partial charge in [0.05, 0.1) is 6.04 Å².